The third-order valence-corrected chi connectivity index (χ3v) is 17.9. The number of hydrogen-bond donors (Lipinski definition) is 0. The summed E-state index contributed by atoms with van der Waals surface area (Å²) >= 11 is 0. The molecule has 0 atom stereocenters. The normalized spacial score (nSPS) is 20.1. The van der Waals surface area contributed by atoms with E-state index in [2.05, 4.69) is 194 Å². The van der Waals surface area contributed by atoms with Gasteiger partial charge in [-0.15, -0.1) is 0 Å². The Morgan fingerprint density at radius 1 is 0.477 bits per heavy atom. The van der Waals surface area contributed by atoms with Gasteiger partial charge in [0, 0.05) is 60.5 Å². The number of allylic oxidation sites excluding steroid dienone is 1. The lowest BCUT2D eigenvalue weighted by Crippen LogP contribution is -2.52. The van der Waals surface area contributed by atoms with E-state index in [4.69, 9.17) is 4.42 Å². The van der Waals surface area contributed by atoms with Crippen molar-refractivity contribution in [2.24, 2.45) is 0 Å². The van der Waals surface area contributed by atoms with Crippen LogP contribution < -0.4 is 10.4 Å². The van der Waals surface area contributed by atoms with E-state index in [0.717, 1.165) is 17.6 Å². The van der Waals surface area contributed by atoms with E-state index in [1.807, 2.05) is 0 Å². The third-order valence-electron chi connectivity index (χ3n) is 17.9. The second-order valence-electron chi connectivity index (χ2n) is 23.7. The first-order chi connectivity index (χ1) is 31.0. The minimum atomic E-state index is -0.308. The van der Waals surface area contributed by atoms with Crippen LogP contribution in [0.1, 0.15) is 128 Å². The second kappa shape index (κ2) is 11.9. The minimum Gasteiger partial charge on any atom is -0.456 e. The molecule has 3 aliphatic carbocycles. The molecule has 9 aromatic rings. The van der Waals surface area contributed by atoms with Crippen molar-refractivity contribution in [3.8, 4) is 11.1 Å². The van der Waals surface area contributed by atoms with E-state index in [9.17, 15) is 0 Å². The Morgan fingerprint density at radius 3 is 1.86 bits per heavy atom. The standard InChI is InChI=1S/C61H57BN2O/c1-57(2)26-27-58(3,4)45-30-35(23-25-43(45)57)63-54-42-31-46-47(60(7,8)29-28-59(46,5)6)33-44(42)61(9,10)56(54)62-51-41(32-49-50(55(51)63)40-18-13-14-21-48(40)65-49)38-20-15-19-37-39-24-22-34-16-11-12-17-36(34)52(39)64(62)53(37)38/h11-25,30-33H,26-29H2,1-10H3. The van der Waals surface area contributed by atoms with Crippen LogP contribution in [0.3, 0.4) is 0 Å². The molecule has 0 fully saturated rings. The van der Waals surface area contributed by atoms with Gasteiger partial charge in [0.25, 0.3) is 0 Å². The molecule has 0 amide bonds. The van der Waals surface area contributed by atoms with Crippen molar-refractivity contribution in [2.75, 3.05) is 4.90 Å². The van der Waals surface area contributed by atoms with Crippen LogP contribution in [-0.2, 0) is 27.1 Å². The van der Waals surface area contributed by atoms with Crippen molar-refractivity contribution >= 4 is 83.9 Å². The highest BCUT2D eigenvalue weighted by Crippen LogP contribution is 2.61. The van der Waals surface area contributed by atoms with Gasteiger partial charge in [-0.2, -0.15) is 0 Å². The summed E-state index contributed by atoms with van der Waals surface area (Å²) in [6, 6.07) is 45.0. The third kappa shape index (κ3) is 4.64. The van der Waals surface area contributed by atoms with E-state index in [1.165, 1.54) is 135 Å². The maximum atomic E-state index is 7.05. The molecule has 0 radical (unpaired) electrons. The van der Waals surface area contributed by atoms with Gasteiger partial charge < -0.3 is 13.8 Å². The number of aromatic nitrogens is 1. The molecule has 0 unspecified atom stereocenters. The Labute approximate surface area is 383 Å². The Hall–Kier alpha value is -6.00. The summed E-state index contributed by atoms with van der Waals surface area (Å²) in [7, 11) is 0. The minimum absolute atomic E-state index is 0.0430. The van der Waals surface area contributed by atoms with Crippen LogP contribution in [0.15, 0.2) is 125 Å². The van der Waals surface area contributed by atoms with Crippen LogP contribution in [0, 0.1) is 0 Å². The largest absolute Gasteiger partial charge is 0.456 e. The molecule has 0 spiro atoms. The van der Waals surface area contributed by atoms with Crippen LogP contribution in [-0.4, -0.2) is 11.3 Å². The highest BCUT2D eigenvalue weighted by Gasteiger charge is 2.55. The highest BCUT2D eigenvalue weighted by atomic mass is 16.3. The van der Waals surface area contributed by atoms with E-state index in [0.29, 0.717) is 0 Å². The van der Waals surface area contributed by atoms with Crippen LogP contribution in [0.5, 0.6) is 0 Å². The second-order valence-corrected chi connectivity index (χ2v) is 23.7. The maximum Gasteiger partial charge on any atom is 0.329 e. The molecule has 14 rings (SSSR count). The van der Waals surface area contributed by atoms with Crippen molar-refractivity contribution in [3.05, 3.63) is 154 Å². The van der Waals surface area contributed by atoms with Crippen LogP contribution >= 0.6 is 0 Å². The number of rotatable bonds is 1. The summed E-state index contributed by atoms with van der Waals surface area (Å²) in [5.74, 6) is 0. The Morgan fingerprint density at radius 2 is 1.11 bits per heavy atom. The molecule has 0 saturated heterocycles. The lowest BCUT2D eigenvalue weighted by Gasteiger charge is -2.45. The van der Waals surface area contributed by atoms with Crippen LogP contribution in [0.25, 0.3) is 71.3 Å². The van der Waals surface area contributed by atoms with E-state index < -0.39 is 0 Å². The highest BCUT2D eigenvalue weighted by molar-refractivity contribution is 6.86. The van der Waals surface area contributed by atoms with Gasteiger partial charge in [-0.3, -0.25) is 0 Å². The van der Waals surface area contributed by atoms with Gasteiger partial charge >= 0.3 is 6.85 Å². The average Bonchev–Trinajstić information content (AvgIpc) is 3.91. The summed E-state index contributed by atoms with van der Waals surface area (Å²) in [4.78, 5) is 2.77. The van der Waals surface area contributed by atoms with E-state index in [1.54, 1.807) is 0 Å². The summed E-state index contributed by atoms with van der Waals surface area (Å²) in [6.07, 6.45) is 4.71. The number of nitrogens with zero attached hydrogens (tertiary/aromatic N) is 2. The lowest BCUT2D eigenvalue weighted by molar-refractivity contribution is 0.331. The summed E-state index contributed by atoms with van der Waals surface area (Å²) in [6.45, 7) is 24.8. The van der Waals surface area contributed by atoms with Gasteiger partial charge in [-0.1, -0.05) is 154 Å². The van der Waals surface area contributed by atoms with E-state index in [-0.39, 0.29) is 33.9 Å². The molecule has 0 saturated carbocycles. The summed E-state index contributed by atoms with van der Waals surface area (Å²) in [5, 5.41) is 7.60. The predicted octanol–water partition coefficient (Wildman–Crippen LogP) is 15.7. The lowest BCUT2D eigenvalue weighted by atomic mass is 9.40. The van der Waals surface area contributed by atoms with Crippen LogP contribution in [0.2, 0.25) is 0 Å². The average molecular weight is 845 g/mol. The Kier molecular flexibility index (Phi) is 6.99. The fourth-order valence-corrected chi connectivity index (χ4v) is 14.1. The number of hydrogen-bond acceptors (Lipinski definition) is 2. The molecule has 7 aromatic carbocycles. The molecule has 4 heterocycles. The number of anilines is 2. The molecule has 2 aliphatic heterocycles. The predicted molar refractivity (Wildman–Crippen MR) is 276 cm³/mol. The zero-order valence-corrected chi connectivity index (χ0v) is 39.7. The maximum absolute atomic E-state index is 7.05. The topological polar surface area (TPSA) is 21.3 Å². The molecule has 5 aliphatic rings. The van der Waals surface area contributed by atoms with Gasteiger partial charge in [0.2, 0.25) is 0 Å². The molecular weight excluding hydrogens is 787 g/mol. The number of para-hydroxylation sites is 2. The van der Waals surface area contributed by atoms with Crippen molar-refractivity contribution in [2.45, 2.75) is 122 Å². The molecule has 320 valence electrons. The van der Waals surface area contributed by atoms with Crippen molar-refractivity contribution in [1.82, 2.24) is 4.48 Å². The first kappa shape index (κ1) is 38.3. The Balaban J connectivity index is 1.22. The first-order valence-electron chi connectivity index (χ1n) is 24.3. The molecule has 0 bridgehead atoms. The van der Waals surface area contributed by atoms with Crippen molar-refractivity contribution < 1.29 is 4.42 Å². The van der Waals surface area contributed by atoms with Crippen molar-refractivity contribution in [3.63, 3.8) is 0 Å². The fourth-order valence-electron chi connectivity index (χ4n) is 14.1. The van der Waals surface area contributed by atoms with Gasteiger partial charge in [0.1, 0.15) is 11.2 Å². The van der Waals surface area contributed by atoms with Gasteiger partial charge in [0.15, 0.2) is 0 Å². The zero-order valence-electron chi connectivity index (χ0n) is 39.7. The molecule has 0 N–H and O–H groups in total. The Bertz CT molecular complexity index is 3710. The summed E-state index contributed by atoms with van der Waals surface area (Å²) in [5.41, 5.74) is 22.7. The van der Waals surface area contributed by atoms with Gasteiger partial charge in [-0.05, 0) is 127 Å². The quantitative estimate of drug-likeness (QED) is 0.154. The molecular formula is C61H57BN2O. The van der Waals surface area contributed by atoms with Crippen molar-refractivity contribution in [1.29, 1.82) is 0 Å². The van der Waals surface area contributed by atoms with Gasteiger partial charge in [-0.25, -0.2) is 0 Å². The van der Waals surface area contributed by atoms with E-state index >= 15 is 0 Å². The molecule has 4 heteroatoms. The molecule has 2 aromatic heterocycles. The molecule has 65 heavy (non-hydrogen) atoms. The molecule has 3 nitrogen and oxygen atoms in total. The fraction of sp³-hybridized carbons (Fsp3) is 0.311. The monoisotopic (exact) mass is 844 g/mol. The summed E-state index contributed by atoms with van der Waals surface area (Å²) < 4.78 is 9.87. The number of fused-ring (bicyclic) bond motifs is 16. The number of benzene rings is 7. The number of furan rings is 1. The first-order valence-corrected chi connectivity index (χ1v) is 24.3. The van der Waals surface area contributed by atoms with Crippen LogP contribution in [0.4, 0.5) is 11.4 Å². The SMILES string of the molecule is CC1(C)CCC(C)(C)c2cc(N3C4=C(B5c6c(cc7oc8ccccc8c7c63)-c3cccc6c7ccc8ccccc8c7n5c36)C(C)(C)c3cc5c(cc34)C(C)(C)CCC5(C)C)ccc21. The smallest absolute Gasteiger partial charge is 0.329 e. The zero-order chi connectivity index (χ0) is 44.5. The van der Waals surface area contributed by atoms with Gasteiger partial charge in [0.05, 0.1) is 11.1 Å².